The molecule has 0 aromatic carbocycles. The van der Waals surface area contributed by atoms with Crippen molar-refractivity contribution >= 4 is 0 Å². The van der Waals surface area contributed by atoms with Crippen LogP contribution >= 0.6 is 0 Å². The second kappa shape index (κ2) is 6.44. The van der Waals surface area contributed by atoms with Crippen LogP contribution in [0.3, 0.4) is 0 Å². The Morgan fingerprint density at radius 3 is 1.75 bits per heavy atom. The lowest BCUT2D eigenvalue weighted by Crippen LogP contribution is -2.42. The van der Waals surface area contributed by atoms with E-state index in [-0.39, 0.29) is 6.23 Å². The van der Waals surface area contributed by atoms with E-state index >= 15 is 0 Å². The zero-order valence-corrected chi connectivity index (χ0v) is 8.88. The highest BCUT2D eigenvalue weighted by atomic mass is 16.3. The zero-order valence-electron chi connectivity index (χ0n) is 8.88. The predicted molar refractivity (Wildman–Crippen MR) is 53.0 cm³/mol. The number of rotatable bonds is 6. The molecule has 2 heteroatoms. The first-order chi connectivity index (χ1) is 5.71. The van der Waals surface area contributed by atoms with Gasteiger partial charge in [0.15, 0.2) is 0 Å². The van der Waals surface area contributed by atoms with Crippen LogP contribution in [0, 0.1) is 0 Å². The van der Waals surface area contributed by atoms with Crippen LogP contribution < -0.4 is 0 Å². The van der Waals surface area contributed by atoms with Crippen molar-refractivity contribution in [2.24, 2.45) is 0 Å². The summed E-state index contributed by atoms with van der Waals surface area (Å²) in [4.78, 5) is 2.18. The second-order valence-corrected chi connectivity index (χ2v) is 3.19. The van der Waals surface area contributed by atoms with Crippen molar-refractivity contribution < 1.29 is 5.11 Å². The first-order valence-electron chi connectivity index (χ1n) is 5.14. The number of nitrogens with zero attached hydrogens (tertiary/aromatic N) is 1. The lowest BCUT2D eigenvalue weighted by atomic mass is 10.1. The SMILES string of the molecule is CCC(O)N(CC)C(CC)CC. The molecule has 1 unspecified atom stereocenters. The van der Waals surface area contributed by atoms with Crippen LogP contribution in [0.5, 0.6) is 0 Å². The molecule has 0 amide bonds. The maximum Gasteiger partial charge on any atom is 0.107 e. The van der Waals surface area contributed by atoms with Gasteiger partial charge in [-0.25, -0.2) is 0 Å². The van der Waals surface area contributed by atoms with E-state index in [1.807, 2.05) is 6.92 Å². The van der Waals surface area contributed by atoms with E-state index in [0.29, 0.717) is 6.04 Å². The summed E-state index contributed by atoms with van der Waals surface area (Å²) in [6.45, 7) is 9.44. The molecule has 0 aromatic heterocycles. The molecule has 12 heavy (non-hydrogen) atoms. The van der Waals surface area contributed by atoms with Crippen molar-refractivity contribution in [3.8, 4) is 0 Å². The average Bonchev–Trinajstić information content (AvgIpc) is 2.12. The van der Waals surface area contributed by atoms with Crippen molar-refractivity contribution in [1.29, 1.82) is 0 Å². The summed E-state index contributed by atoms with van der Waals surface area (Å²) in [5.74, 6) is 0. The van der Waals surface area contributed by atoms with E-state index in [4.69, 9.17) is 0 Å². The molecule has 2 nitrogen and oxygen atoms in total. The predicted octanol–water partition coefficient (Wildman–Crippen LogP) is 2.23. The average molecular weight is 173 g/mol. The van der Waals surface area contributed by atoms with E-state index in [1.54, 1.807) is 0 Å². The topological polar surface area (TPSA) is 23.5 Å². The molecular formula is C10H23NO. The number of aliphatic hydroxyl groups is 1. The van der Waals surface area contributed by atoms with Crippen LogP contribution in [0.15, 0.2) is 0 Å². The van der Waals surface area contributed by atoms with Crippen LogP contribution in [-0.4, -0.2) is 28.8 Å². The molecule has 0 aliphatic heterocycles. The molecule has 0 aromatic rings. The van der Waals surface area contributed by atoms with Crippen molar-refractivity contribution in [3.63, 3.8) is 0 Å². The van der Waals surface area contributed by atoms with Gasteiger partial charge in [-0.2, -0.15) is 0 Å². The minimum atomic E-state index is -0.250. The third kappa shape index (κ3) is 3.11. The van der Waals surface area contributed by atoms with Crippen LogP contribution in [0.4, 0.5) is 0 Å². The van der Waals surface area contributed by atoms with E-state index in [1.165, 1.54) is 0 Å². The standard InChI is InChI=1S/C10H23NO/c1-5-9(6-2)11(8-4)10(12)7-3/h9-10,12H,5-8H2,1-4H3. The largest absolute Gasteiger partial charge is 0.378 e. The molecule has 0 aliphatic rings. The van der Waals surface area contributed by atoms with Gasteiger partial charge in [0.05, 0.1) is 0 Å². The fraction of sp³-hybridized carbons (Fsp3) is 1.00. The summed E-state index contributed by atoms with van der Waals surface area (Å²) >= 11 is 0. The van der Waals surface area contributed by atoms with Crippen molar-refractivity contribution in [2.45, 2.75) is 59.2 Å². The van der Waals surface area contributed by atoms with Gasteiger partial charge in [-0.05, 0) is 25.8 Å². The normalized spacial score (nSPS) is 14.2. The highest BCUT2D eigenvalue weighted by molar-refractivity contribution is 4.69. The van der Waals surface area contributed by atoms with Gasteiger partial charge in [0, 0.05) is 6.04 Å². The van der Waals surface area contributed by atoms with Gasteiger partial charge >= 0.3 is 0 Å². The fourth-order valence-electron chi connectivity index (χ4n) is 1.70. The molecule has 0 saturated heterocycles. The summed E-state index contributed by atoms with van der Waals surface area (Å²) in [6, 6.07) is 0.546. The molecule has 0 spiro atoms. The maximum absolute atomic E-state index is 9.68. The Kier molecular flexibility index (Phi) is 6.39. The van der Waals surface area contributed by atoms with Crippen LogP contribution in [0.25, 0.3) is 0 Å². The quantitative estimate of drug-likeness (QED) is 0.623. The van der Waals surface area contributed by atoms with Gasteiger partial charge in [0.2, 0.25) is 0 Å². The van der Waals surface area contributed by atoms with Crippen molar-refractivity contribution in [2.75, 3.05) is 6.54 Å². The second-order valence-electron chi connectivity index (χ2n) is 3.19. The minimum Gasteiger partial charge on any atom is -0.378 e. The summed E-state index contributed by atoms with van der Waals surface area (Å²) < 4.78 is 0. The third-order valence-corrected chi connectivity index (χ3v) is 2.52. The summed E-state index contributed by atoms with van der Waals surface area (Å²) in [5, 5.41) is 9.68. The highest BCUT2D eigenvalue weighted by Gasteiger charge is 2.18. The Morgan fingerprint density at radius 1 is 1.00 bits per heavy atom. The van der Waals surface area contributed by atoms with Gasteiger partial charge in [0.25, 0.3) is 0 Å². The van der Waals surface area contributed by atoms with Gasteiger partial charge in [-0.15, -0.1) is 0 Å². The smallest absolute Gasteiger partial charge is 0.107 e. The highest BCUT2D eigenvalue weighted by Crippen LogP contribution is 2.12. The van der Waals surface area contributed by atoms with E-state index in [2.05, 4.69) is 25.7 Å². The van der Waals surface area contributed by atoms with E-state index in [0.717, 1.165) is 25.8 Å². The van der Waals surface area contributed by atoms with Crippen molar-refractivity contribution in [1.82, 2.24) is 4.90 Å². The molecule has 1 atom stereocenters. The number of hydrogen-bond donors (Lipinski definition) is 1. The Balaban J connectivity index is 4.09. The zero-order chi connectivity index (χ0) is 9.56. The Bertz CT molecular complexity index is 102. The molecule has 0 radical (unpaired) electrons. The summed E-state index contributed by atoms with van der Waals surface area (Å²) in [7, 11) is 0. The Morgan fingerprint density at radius 2 is 1.50 bits per heavy atom. The number of hydrogen-bond acceptors (Lipinski definition) is 2. The maximum atomic E-state index is 9.68. The van der Waals surface area contributed by atoms with Crippen LogP contribution in [0.1, 0.15) is 47.0 Å². The molecule has 74 valence electrons. The Labute approximate surface area is 76.6 Å². The van der Waals surface area contributed by atoms with E-state index in [9.17, 15) is 5.11 Å². The molecule has 0 aliphatic carbocycles. The van der Waals surface area contributed by atoms with Crippen molar-refractivity contribution in [3.05, 3.63) is 0 Å². The van der Waals surface area contributed by atoms with Crippen LogP contribution in [0.2, 0.25) is 0 Å². The molecular weight excluding hydrogens is 150 g/mol. The molecule has 0 saturated carbocycles. The van der Waals surface area contributed by atoms with Gasteiger partial charge in [0.1, 0.15) is 6.23 Å². The molecule has 0 bridgehead atoms. The van der Waals surface area contributed by atoms with Gasteiger partial charge in [-0.3, -0.25) is 4.90 Å². The summed E-state index contributed by atoms with van der Waals surface area (Å²) in [6.07, 6.45) is 2.83. The van der Waals surface area contributed by atoms with Gasteiger partial charge in [-0.1, -0.05) is 27.7 Å². The third-order valence-electron chi connectivity index (χ3n) is 2.52. The lowest BCUT2D eigenvalue weighted by molar-refractivity contribution is -0.0258. The number of aliphatic hydroxyl groups excluding tert-OH is 1. The molecule has 0 rings (SSSR count). The first-order valence-corrected chi connectivity index (χ1v) is 5.14. The molecule has 0 fully saturated rings. The molecule has 0 heterocycles. The lowest BCUT2D eigenvalue weighted by Gasteiger charge is -2.33. The monoisotopic (exact) mass is 173 g/mol. The van der Waals surface area contributed by atoms with Gasteiger partial charge < -0.3 is 5.11 Å². The van der Waals surface area contributed by atoms with E-state index < -0.39 is 0 Å². The van der Waals surface area contributed by atoms with Crippen LogP contribution in [-0.2, 0) is 0 Å². The minimum absolute atomic E-state index is 0.250. The Hall–Kier alpha value is -0.0800. The summed E-state index contributed by atoms with van der Waals surface area (Å²) in [5.41, 5.74) is 0. The first kappa shape index (κ1) is 11.9. The fourth-order valence-corrected chi connectivity index (χ4v) is 1.70. The molecule has 1 N–H and O–H groups in total.